The van der Waals surface area contributed by atoms with Gasteiger partial charge in [0, 0.05) is 26.3 Å². The first-order valence-corrected chi connectivity index (χ1v) is 15.1. The minimum atomic E-state index is -4.66. The summed E-state index contributed by atoms with van der Waals surface area (Å²) in [5.74, 6) is -1.00. The number of rotatable bonds is 6. The van der Waals surface area contributed by atoms with Gasteiger partial charge in [-0.1, -0.05) is 5.57 Å². The van der Waals surface area contributed by atoms with Crippen molar-refractivity contribution < 1.29 is 30.8 Å². The SMILES string of the molecule is CN([C@H]1CCC2=Cc3c(cnn3-c3ccc(F)cc3)C[C@]2(C(=O)c2ncc(C(F)(F)F)s2)C1)S(=O)(=O)c1cnn(C)c1. The highest BCUT2D eigenvalue weighted by Crippen LogP contribution is 2.52. The molecule has 0 amide bonds. The van der Waals surface area contributed by atoms with Crippen LogP contribution in [0.4, 0.5) is 17.6 Å². The van der Waals surface area contributed by atoms with Crippen molar-refractivity contribution in [2.75, 3.05) is 7.05 Å². The van der Waals surface area contributed by atoms with Crippen molar-refractivity contribution in [1.82, 2.24) is 28.9 Å². The molecule has 1 saturated carbocycles. The number of thiazole rings is 1. The summed E-state index contributed by atoms with van der Waals surface area (Å²) in [6.07, 6.45) is 2.81. The molecule has 9 nitrogen and oxygen atoms in total. The zero-order valence-corrected chi connectivity index (χ0v) is 24.0. The highest BCUT2D eigenvalue weighted by atomic mass is 32.2. The van der Waals surface area contributed by atoms with Crippen molar-refractivity contribution in [1.29, 1.82) is 0 Å². The number of ketones is 1. The lowest BCUT2D eigenvalue weighted by molar-refractivity contribution is -0.134. The van der Waals surface area contributed by atoms with Gasteiger partial charge in [-0.2, -0.15) is 27.7 Å². The number of aryl methyl sites for hydroxylation is 1. The Morgan fingerprint density at radius 1 is 1.14 bits per heavy atom. The molecule has 3 aromatic heterocycles. The third-order valence-electron chi connectivity index (χ3n) is 7.99. The van der Waals surface area contributed by atoms with Gasteiger partial charge in [-0.15, -0.1) is 11.3 Å². The van der Waals surface area contributed by atoms with Crippen LogP contribution in [0.3, 0.4) is 0 Å². The summed E-state index contributed by atoms with van der Waals surface area (Å²) >= 11 is 0.280. The molecule has 0 spiro atoms. The molecule has 1 aromatic carbocycles. The number of alkyl halides is 3. The fourth-order valence-corrected chi connectivity index (χ4v) is 7.99. The number of sulfonamides is 1. The molecule has 2 aliphatic carbocycles. The topological polar surface area (TPSA) is 103 Å². The Bertz CT molecular complexity index is 1820. The van der Waals surface area contributed by atoms with Crippen LogP contribution in [0.15, 0.2) is 59.5 Å². The largest absolute Gasteiger partial charge is 0.427 e. The number of nitrogens with zero attached hydrogens (tertiary/aromatic N) is 6. The van der Waals surface area contributed by atoms with E-state index in [1.165, 1.54) is 40.6 Å². The summed E-state index contributed by atoms with van der Waals surface area (Å²) < 4.78 is 84.9. The van der Waals surface area contributed by atoms with Gasteiger partial charge in [-0.25, -0.2) is 22.5 Å². The van der Waals surface area contributed by atoms with Crippen molar-refractivity contribution in [3.8, 4) is 5.69 Å². The summed E-state index contributed by atoms with van der Waals surface area (Å²) in [4.78, 5) is 17.1. The predicted octanol–water partition coefficient (Wildman–Crippen LogP) is 4.90. The maximum atomic E-state index is 14.2. The maximum Gasteiger partial charge on any atom is 0.427 e. The predicted molar refractivity (Wildman–Crippen MR) is 145 cm³/mol. The van der Waals surface area contributed by atoms with E-state index in [2.05, 4.69) is 15.2 Å². The second-order valence-electron chi connectivity index (χ2n) is 10.5. The summed E-state index contributed by atoms with van der Waals surface area (Å²) in [6.45, 7) is 0. The van der Waals surface area contributed by atoms with Crippen molar-refractivity contribution >= 4 is 33.2 Å². The van der Waals surface area contributed by atoms with Crippen LogP contribution in [0.2, 0.25) is 0 Å². The molecular formula is C27H24F4N6O3S2. The first-order chi connectivity index (χ1) is 19.8. The monoisotopic (exact) mass is 620 g/mol. The number of benzene rings is 1. The molecule has 1 fully saturated rings. The molecule has 0 aliphatic heterocycles. The van der Waals surface area contributed by atoms with E-state index < -0.39 is 44.1 Å². The van der Waals surface area contributed by atoms with Crippen LogP contribution in [-0.4, -0.2) is 56.1 Å². The molecule has 0 radical (unpaired) electrons. The molecule has 0 N–H and O–H groups in total. The first-order valence-electron chi connectivity index (χ1n) is 12.9. The first kappa shape index (κ1) is 28.4. The van der Waals surface area contributed by atoms with Crippen LogP contribution >= 0.6 is 11.3 Å². The van der Waals surface area contributed by atoms with E-state index in [0.29, 0.717) is 41.6 Å². The quantitative estimate of drug-likeness (QED) is 0.225. The molecule has 15 heteroatoms. The third kappa shape index (κ3) is 4.68. The minimum absolute atomic E-state index is 0.00420. The fourth-order valence-electron chi connectivity index (χ4n) is 5.79. The molecule has 220 valence electrons. The van der Waals surface area contributed by atoms with Crippen molar-refractivity contribution in [3.63, 3.8) is 0 Å². The van der Waals surface area contributed by atoms with E-state index in [1.54, 1.807) is 36.1 Å². The molecular weight excluding hydrogens is 596 g/mol. The number of Topliss-reactive ketones (excluding diaryl/α,β-unsaturated/α-hetero) is 1. The van der Waals surface area contributed by atoms with Crippen LogP contribution in [0.25, 0.3) is 11.8 Å². The van der Waals surface area contributed by atoms with E-state index in [0.717, 1.165) is 0 Å². The number of carbonyl (C=O) groups excluding carboxylic acids is 1. The zero-order valence-electron chi connectivity index (χ0n) is 22.3. The molecule has 2 aliphatic rings. The lowest BCUT2D eigenvalue weighted by Crippen LogP contribution is -2.49. The van der Waals surface area contributed by atoms with Crippen LogP contribution in [0.1, 0.15) is 45.2 Å². The summed E-state index contributed by atoms with van der Waals surface area (Å²) in [5, 5.41) is 8.12. The van der Waals surface area contributed by atoms with E-state index in [1.807, 2.05) is 0 Å². The normalized spacial score (nSPS) is 20.7. The van der Waals surface area contributed by atoms with Gasteiger partial charge >= 0.3 is 6.18 Å². The van der Waals surface area contributed by atoms with Gasteiger partial charge in [0.1, 0.15) is 15.6 Å². The smallest absolute Gasteiger partial charge is 0.290 e. The van der Waals surface area contributed by atoms with Gasteiger partial charge in [0.15, 0.2) is 5.01 Å². The molecule has 6 rings (SSSR count). The van der Waals surface area contributed by atoms with Gasteiger partial charge in [0.25, 0.3) is 0 Å². The number of allylic oxidation sites excluding steroid dienone is 1. The van der Waals surface area contributed by atoms with E-state index in [4.69, 9.17) is 0 Å². The van der Waals surface area contributed by atoms with Crippen LogP contribution in [-0.2, 0) is 29.7 Å². The second kappa shape index (κ2) is 9.95. The molecule has 0 unspecified atom stereocenters. The minimum Gasteiger partial charge on any atom is -0.290 e. The van der Waals surface area contributed by atoms with Gasteiger partial charge in [0.05, 0.1) is 35.4 Å². The van der Waals surface area contributed by atoms with Crippen molar-refractivity contribution in [2.45, 2.75) is 42.8 Å². The third-order valence-corrected chi connectivity index (χ3v) is 10.9. The lowest BCUT2D eigenvalue weighted by Gasteiger charge is -2.45. The van der Waals surface area contributed by atoms with Crippen LogP contribution in [0, 0.1) is 11.2 Å². The average molecular weight is 621 g/mol. The molecule has 0 saturated heterocycles. The number of carbonyl (C=O) groups is 1. The number of hydrogen-bond acceptors (Lipinski definition) is 7. The van der Waals surface area contributed by atoms with E-state index in [9.17, 15) is 30.8 Å². The van der Waals surface area contributed by atoms with Gasteiger partial charge in [-0.3, -0.25) is 9.48 Å². The summed E-state index contributed by atoms with van der Waals surface area (Å²) in [6, 6.07) is 5.11. The zero-order chi connectivity index (χ0) is 30.0. The number of fused-ring (bicyclic) bond motifs is 2. The highest BCUT2D eigenvalue weighted by molar-refractivity contribution is 7.89. The Kier molecular flexibility index (Phi) is 6.74. The average Bonchev–Trinajstić information content (AvgIpc) is 3.71. The number of hydrogen-bond donors (Lipinski definition) is 0. The Hall–Kier alpha value is -3.69. The lowest BCUT2D eigenvalue weighted by atomic mass is 9.61. The molecule has 2 atom stereocenters. The summed E-state index contributed by atoms with van der Waals surface area (Å²) in [5.41, 5.74) is 1.24. The Morgan fingerprint density at radius 2 is 1.88 bits per heavy atom. The molecule has 3 heterocycles. The van der Waals surface area contributed by atoms with E-state index >= 15 is 0 Å². The molecule has 4 aromatic rings. The molecule has 42 heavy (non-hydrogen) atoms. The van der Waals surface area contributed by atoms with Gasteiger partial charge < -0.3 is 0 Å². The second-order valence-corrected chi connectivity index (χ2v) is 13.5. The standard InChI is InChI=1S/C27H24F4N6O3S2/c1-35-15-21(13-33-35)42(39,40)36(2)20-6-3-17-9-22-16(12-34-37(22)19-7-4-18(28)5-8-19)10-26(17,11-20)24(38)25-32-14-23(41-25)27(29,30)31/h4-5,7-9,12-15,20H,3,6,10-11H2,1-2H3/t20-,26-/m0/s1. The van der Waals surface area contributed by atoms with Gasteiger partial charge in [0.2, 0.25) is 15.8 Å². The van der Waals surface area contributed by atoms with Crippen LogP contribution < -0.4 is 0 Å². The fraction of sp³-hybridized carbons (Fsp3) is 0.333. The Morgan fingerprint density at radius 3 is 2.52 bits per heavy atom. The molecule has 0 bridgehead atoms. The highest BCUT2D eigenvalue weighted by Gasteiger charge is 2.52. The van der Waals surface area contributed by atoms with Gasteiger partial charge in [-0.05, 0) is 61.6 Å². The maximum absolute atomic E-state index is 14.2. The van der Waals surface area contributed by atoms with Crippen molar-refractivity contribution in [2.24, 2.45) is 12.5 Å². The number of halogens is 4. The van der Waals surface area contributed by atoms with Crippen molar-refractivity contribution in [3.05, 3.63) is 81.6 Å². The van der Waals surface area contributed by atoms with Crippen LogP contribution in [0.5, 0.6) is 0 Å². The summed E-state index contributed by atoms with van der Waals surface area (Å²) in [7, 11) is -0.941. The Labute approximate surface area is 242 Å². The Balaban J connectivity index is 1.42. The number of aromatic nitrogens is 5. The van der Waals surface area contributed by atoms with E-state index in [-0.39, 0.29) is 34.1 Å².